The summed E-state index contributed by atoms with van der Waals surface area (Å²) in [7, 11) is 0. The molecule has 0 saturated heterocycles. The number of aromatic nitrogens is 2. The first-order chi connectivity index (χ1) is 17.1. The summed E-state index contributed by atoms with van der Waals surface area (Å²) >= 11 is 0. The fourth-order valence-electron chi connectivity index (χ4n) is 3.34. The van der Waals surface area contributed by atoms with Gasteiger partial charge in [0.15, 0.2) is 5.71 Å². The molecule has 35 heavy (non-hydrogen) atoms. The van der Waals surface area contributed by atoms with E-state index in [0.29, 0.717) is 11.4 Å². The van der Waals surface area contributed by atoms with Crippen molar-refractivity contribution in [1.29, 1.82) is 10.5 Å². The van der Waals surface area contributed by atoms with Crippen LogP contribution in [0.3, 0.4) is 0 Å². The third-order valence-electron chi connectivity index (χ3n) is 5.01. The van der Waals surface area contributed by atoms with Gasteiger partial charge < -0.3 is 0 Å². The van der Waals surface area contributed by atoms with E-state index in [0.717, 1.165) is 0 Å². The molecule has 8 nitrogen and oxygen atoms in total. The van der Waals surface area contributed by atoms with Gasteiger partial charge in [-0.15, -0.1) is 0 Å². The lowest BCUT2D eigenvalue weighted by atomic mass is 10.1. The fraction of sp³-hybridized carbons (Fsp3) is 0. The predicted octanol–water partition coefficient (Wildman–Crippen LogP) is 4.02. The number of nitrogens with one attached hydrogen (secondary N) is 1. The van der Waals surface area contributed by atoms with Crippen LogP contribution in [0.5, 0.6) is 0 Å². The molecule has 1 aliphatic heterocycles. The van der Waals surface area contributed by atoms with Crippen LogP contribution in [0.15, 0.2) is 113 Å². The van der Waals surface area contributed by atoms with E-state index < -0.39 is 0 Å². The Morgan fingerprint density at radius 3 is 2.09 bits per heavy atom. The number of aromatic amines is 1. The molecular weight excluding hydrogens is 440 g/mol. The largest absolute Gasteiger partial charge is 0.281 e. The average Bonchev–Trinajstić information content (AvgIpc) is 3.40. The number of carbonyl (C=O) groups excluding carboxylic acids is 1. The minimum Gasteiger partial charge on any atom is -0.280 e. The molecule has 3 aromatic rings. The molecule has 1 aliphatic rings. The molecule has 0 bridgehead atoms. The summed E-state index contributed by atoms with van der Waals surface area (Å²) < 4.78 is 1.32. The maximum absolute atomic E-state index is 12.7. The van der Waals surface area contributed by atoms with Gasteiger partial charge >= 0.3 is 0 Å². The van der Waals surface area contributed by atoms with E-state index in [-0.39, 0.29) is 34.0 Å². The SMILES string of the molecule is N#CC1=NN(c2ccccc2)C(=O)\C1=C/C=C/C=C/C=C/c1c(C#N)[nH]n(-c2ccccc2)c1=O. The van der Waals surface area contributed by atoms with Gasteiger partial charge in [0.05, 0.1) is 22.5 Å². The number of anilines is 1. The predicted molar refractivity (Wildman–Crippen MR) is 133 cm³/mol. The van der Waals surface area contributed by atoms with E-state index >= 15 is 0 Å². The van der Waals surface area contributed by atoms with Gasteiger partial charge in [0.1, 0.15) is 17.8 Å². The Morgan fingerprint density at radius 2 is 1.43 bits per heavy atom. The Kier molecular flexibility index (Phi) is 6.77. The zero-order chi connectivity index (χ0) is 24.6. The van der Waals surface area contributed by atoms with Crippen molar-refractivity contribution in [2.75, 3.05) is 5.01 Å². The molecule has 0 aliphatic carbocycles. The van der Waals surface area contributed by atoms with Crippen LogP contribution in [0, 0.1) is 22.7 Å². The van der Waals surface area contributed by atoms with Crippen LogP contribution in [0.25, 0.3) is 11.8 Å². The number of hydrogen-bond acceptors (Lipinski definition) is 5. The zero-order valence-corrected chi connectivity index (χ0v) is 18.4. The van der Waals surface area contributed by atoms with E-state index in [2.05, 4.69) is 10.2 Å². The van der Waals surface area contributed by atoms with Crippen LogP contribution >= 0.6 is 0 Å². The topological polar surface area (TPSA) is 118 Å². The Hall–Kier alpha value is -5.47. The van der Waals surface area contributed by atoms with Crippen molar-refractivity contribution in [3.05, 3.63) is 124 Å². The van der Waals surface area contributed by atoms with Crippen LogP contribution in [0.2, 0.25) is 0 Å². The van der Waals surface area contributed by atoms with Crippen molar-refractivity contribution >= 4 is 23.4 Å². The van der Waals surface area contributed by atoms with Gasteiger partial charge in [-0.3, -0.25) is 14.7 Å². The van der Waals surface area contributed by atoms with Gasteiger partial charge in [0.2, 0.25) is 0 Å². The lowest BCUT2D eigenvalue weighted by Gasteiger charge is -2.10. The van der Waals surface area contributed by atoms with E-state index in [1.54, 1.807) is 85.0 Å². The highest BCUT2D eigenvalue weighted by Crippen LogP contribution is 2.23. The zero-order valence-electron chi connectivity index (χ0n) is 18.4. The Bertz CT molecular complexity index is 1540. The molecule has 2 heterocycles. The molecule has 8 heteroatoms. The van der Waals surface area contributed by atoms with E-state index in [9.17, 15) is 20.1 Å². The van der Waals surface area contributed by atoms with E-state index in [4.69, 9.17) is 0 Å². The maximum Gasteiger partial charge on any atom is 0.281 e. The highest BCUT2D eigenvalue weighted by atomic mass is 16.2. The summed E-state index contributed by atoms with van der Waals surface area (Å²) in [5.74, 6) is -0.382. The third kappa shape index (κ3) is 4.82. The molecule has 0 atom stereocenters. The molecule has 4 rings (SSSR count). The summed E-state index contributed by atoms with van der Waals surface area (Å²) in [5, 5.41) is 26.8. The number of nitriles is 2. The first kappa shape index (κ1) is 22.7. The minimum atomic E-state index is -0.382. The number of carbonyl (C=O) groups is 1. The number of H-pyrrole nitrogens is 1. The van der Waals surface area contributed by atoms with Gasteiger partial charge in [-0.05, 0) is 36.4 Å². The lowest BCUT2D eigenvalue weighted by Crippen LogP contribution is -2.21. The number of allylic oxidation sites excluding steroid dienone is 6. The van der Waals surface area contributed by atoms with E-state index in [1.807, 2.05) is 24.3 Å². The summed E-state index contributed by atoms with van der Waals surface area (Å²) in [6, 6.07) is 21.8. The molecule has 168 valence electrons. The summed E-state index contributed by atoms with van der Waals surface area (Å²) in [6.07, 6.45) is 11.4. The van der Waals surface area contributed by atoms with Crippen molar-refractivity contribution in [3.8, 4) is 17.8 Å². The highest BCUT2D eigenvalue weighted by Gasteiger charge is 2.30. The average molecular weight is 458 g/mol. The van der Waals surface area contributed by atoms with Gasteiger partial charge in [0, 0.05) is 0 Å². The Labute approximate surface area is 201 Å². The smallest absolute Gasteiger partial charge is 0.280 e. The maximum atomic E-state index is 12.7. The lowest BCUT2D eigenvalue weighted by molar-refractivity contribution is -0.114. The highest BCUT2D eigenvalue weighted by molar-refractivity contribution is 6.35. The quantitative estimate of drug-likeness (QED) is 0.443. The minimum absolute atomic E-state index is 0.0403. The van der Waals surface area contributed by atoms with Crippen LogP contribution in [-0.2, 0) is 4.79 Å². The second kappa shape index (κ2) is 10.4. The normalized spacial score (nSPS) is 14.8. The van der Waals surface area contributed by atoms with Crippen LogP contribution < -0.4 is 10.6 Å². The molecule has 0 spiro atoms. The number of benzene rings is 2. The standard InChI is InChI=1S/C27H18N6O2/c28-18-24-22(26(34)32(30-24)20-12-6-4-7-13-20)16-10-2-1-3-11-17-23-25(19-29)31-33(27(23)35)21-14-8-5-9-15-21/h1-17,30H/b2-1+,11-3+,16-10+,23-17-. The first-order valence-electron chi connectivity index (χ1n) is 10.5. The van der Waals surface area contributed by atoms with Crippen LogP contribution in [0.1, 0.15) is 11.3 Å². The second-order valence-corrected chi connectivity index (χ2v) is 7.21. The van der Waals surface area contributed by atoms with Gasteiger partial charge in [-0.2, -0.15) is 20.6 Å². The first-order valence-corrected chi connectivity index (χ1v) is 10.5. The van der Waals surface area contributed by atoms with Crippen LogP contribution in [0.4, 0.5) is 5.69 Å². The Morgan fingerprint density at radius 1 is 0.800 bits per heavy atom. The number of para-hydroxylation sites is 2. The molecule has 1 N–H and O–H groups in total. The fourth-order valence-corrected chi connectivity index (χ4v) is 3.34. The molecule has 1 amide bonds. The summed E-state index contributed by atoms with van der Waals surface area (Å²) in [6.45, 7) is 0. The van der Waals surface area contributed by atoms with Crippen LogP contribution in [-0.4, -0.2) is 21.4 Å². The second-order valence-electron chi connectivity index (χ2n) is 7.21. The number of nitrogens with zero attached hydrogens (tertiary/aromatic N) is 5. The van der Waals surface area contributed by atoms with Gasteiger partial charge in [-0.1, -0.05) is 66.8 Å². The van der Waals surface area contributed by atoms with Gasteiger partial charge in [0.25, 0.3) is 11.5 Å². The number of hydrogen-bond donors (Lipinski definition) is 1. The monoisotopic (exact) mass is 458 g/mol. The molecule has 0 radical (unpaired) electrons. The molecule has 0 unspecified atom stereocenters. The summed E-state index contributed by atoms with van der Waals surface area (Å²) in [4.78, 5) is 25.4. The summed E-state index contributed by atoms with van der Waals surface area (Å²) in [5.41, 5.74) is 1.53. The van der Waals surface area contributed by atoms with E-state index in [1.165, 1.54) is 15.8 Å². The van der Waals surface area contributed by atoms with Crippen molar-refractivity contribution in [3.63, 3.8) is 0 Å². The van der Waals surface area contributed by atoms with Crippen molar-refractivity contribution < 1.29 is 4.79 Å². The molecule has 2 aromatic carbocycles. The molecule has 1 aromatic heterocycles. The molecular formula is C27H18N6O2. The number of hydrazone groups is 1. The van der Waals surface area contributed by atoms with Crippen molar-refractivity contribution in [1.82, 2.24) is 9.78 Å². The Balaban J connectivity index is 1.46. The third-order valence-corrected chi connectivity index (χ3v) is 5.01. The van der Waals surface area contributed by atoms with Gasteiger partial charge in [-0.25, -0.2) is 4.68 Å². The number of amides is 1. The number of rotatable bonds is 6. The molecule has 0 fully saturated rings. The molecule has 0 saturated carbocycles. The van der Waals surface area contributed by atoms with Crippen molar-refractivity contribution in [2.24, 2.45) is 5.10 Å². The van der Waals surface area contributed by atoms with Crippen molar-refractivity contribution in [2.45, 2.75) is 0 Å².